The van der Waals surface area contributed by atoms with Crippen molar-refractivity contribution in [2.24, 2.45) is 0 Å². The van der Waals surface area contributed by atoms with Gasteiger partial charge in [0.15, 0.2) is 0 Å². The fourth-order valence-corrected chi connectivity index (χ4v) is 1.53. The predicted molar refractivity (Wildman–Crippen MR) is 54.5 cm³/mol. The predicted octanol–water partition coefficient (Wildman–Crippen LogP) is 0.370. The van der Waals surface area contributed by atoms with E-state index in [-0.39, 0.29) is 6.10 Å². The molecule has 4 heteroatoms. The fourth-order valence-electron chi connectivity index (χ4n) is 1.53. The summed E-state index contributed by atoms with van der Waals surface area (Å²) in [6.45, 7) is 8.12. The SMILES string of the molecule is CCN1CCOC(COCCOC)C1. The second kappa shape index (κ2) is 7.17. The van der Waals surface area contributed by atoms with Crippen molar-refractivity contribution in [3.8, 4) is 0 Å². The average molecular weight is 203 g/mol. The molecule has 0 aromatic carbocycles. The summed E-state index contributed by atoms with van der Waals surface area (Å²) in [6, 6.07) is 0. The Morgan fingerprint density at radius 2 is 2.29 bits per heavy atom. The van der Waals surface area contributed by atoms with Gasteiger partial charge in [-0.2, -0.15) is 0 Å². The van der Waals surface area contributed by atoms with Gasteiger partial charge in [-0.3, -0.25) is 4.90 Å². The van der Waals surface area contributed by atoms with Gasteiger partial charge < -0.3 is 14.2 Å². The van der Waals surface area contributed by atoms with E-state index < -0.39 is 0 Å². The molecule has 1 atom stereocenters. The number of morpholine rings is 1. The Balaban J connectivity index is 2.05. The summed E-state index contributed by atoms with van der Waals surface area (Å²) in [7, 11) is 1.68. The van der Waals surface area contributed by atoms with Crippen molar-refractivity contribution in [3.05, 3.63) is 0 Å². The largest absolute Gasteiger partial charge is 0.382 e. The summed E-state index contributed by atoms with van der Waals surface area (Å²) >= 11 is 0. The Hall–Kier alpha value is -0.160. The van der Waals surface area contributed by atoms with Gasteiger partial charge in [-0.25, -0.2) is 0 Å². The highest BCUT2D eigenvalue weighted by Crippen LogP contribution is 2.04. The molecule has 14 heavy (non-hydrogen) atoms. The van der Waals surface area contributed by atoms with E-state index in [4.69, 9.17) is 14.2 Å². The van der Waals surface area contributed by atoms with Crippen molar-refractivity contribution in [2.45, 2.75) is 13.0 Å². The number of methoxy groups -OCH3 is 1. The molecule has 0 aliphatic carbocycles. The normalized spacial score (nSPS) is 24.0. The van der Waals surface area contributed by atoms with Crippen LogP contribution in [0.25, 0.3) is 0 Å². The molecule has 0 bridgehead atoms. The Morgan fingerprint density at radius 1 is 1.43 bits per heavy atom. The lowest BCUT2D eigenvalue weighted by Gasteiger charge is -2.31. The number of rotatable bonds is 6. The maximum Gasteiger partial charge on any atom is 0.0935 e. The van der Waals surface area contributed by atoms with Crippen molar-refractivity contribution >= 4 is 0 Å². The Labute approximate surface area is 86.1 Å². The minimum Gasteiger partial charge on any atom is -0.382 e. The lowest BCUT2D eigenvalue weighted by Crippen LogP contribution is -2.44. The summed E-state index contributed by atoms with van der Waals surface area (Å²) in [5, 5.41) is 0. The lowest BCUT2D eigenvalue weighted by atomic mass is 10.3. The quantitative estimate of drug-likeness (QED) is 0.584. The molecular formula is C10H21NO3. The monoisotopic (exact) mass is 203 g/mol. The van der Waals surface area contributed by atoms with E-state index in [1.807, 2.05) is 0 Å². The molecule has 1 heterocycles. The van der Waals surface area contributed by atoms with E-state index in [0.717, 1.165) is 26.2 Å². The first kappa shape index (κ1) is 11.9. The maximum absolute atomic E-state index is 5.58. The van der Waals surface area contributed by atoms with Crippen molar-refractivity contribution in [1.29, 1.82) is 0 Å². The Bertz CT molecular complexity index is 143. The highest BCUT2D eigenvalue weighted by atomic mass is 16.5. The highest BCUT2D eigenvalue weighted by Gasteiger charge is 2.18. The molecule has 0 saturated carbocycles. The number of hydrogen-bond donors (Lipinski definition) is 0. The van der Waals surface area contributed by atoms with Gasteiger partial charge in [0.2, 0.25) is 0 Å². The first-order chi connectivity index (χ1) is 6.86. The number of hydrogen-bond acceptors (Lipinski definition) is 4. The van der Waals surface area contributed by atoms with E-state index in [1.54, 1.807) is 7.11 Å². The second-order valence-corrected chi connectivity index (χ2v) is 3.45. The topological polar surface area (TPSA) is 30.9 Å². The number of ether oxygens (including phenoxy) is 3. The van der Waals surface area contributed by atoms with Crippen LogP contribution in [0.1, 0.15) is 6.92 Å². The van der Waals surface area contributed by atoms with Gasteiger partial charge in [-0.05, 0) is 6.54 Å². The van der Waals surface area contributed by atoms with Gasteiger partial charge in [-0.1, -0.05) is 6.92 Å². The van der Waals surface area contributed by atoms with Crippen LogP contribution < -0.4 is 0 Å². The zero-order valence-electron chi connectivity index (χ0n) is 9.20. The first-order valence-electron chi connectivity index (χ1n) is 5.27. The molecule has 0 spiro atoms. The van der Waals surface area contributed by atoms with Crippen LogP contribution in [0, 0.1) is 0 Å². The second-order valence-electron chi connectivity index (χ2n) is 3.45. The van der Waals surface area contributed by atoms with Gasteiger partial charge in [0.1, 0.15) is 0 Å². The molecule has 1 rings (SSSR count). The van der Waals surface area contributed by atoms with Crippen molar-refractivity contribution in [2.75, 3.05) is 53.2 Å². The molecule has 1 unspecified atom stereocenters. The standard InChI is InChI=1S/C10H21NO3/c1-3-11-4-5-14-10(8-11)9-13-7-6-12-2/h10H,3-9H2,1-2H3. The smallest absolute Gasteiger partial charge is 0.0935 e. The molecule has 0 N–H and O–H groups in total. The molecule has 0 aromatic rings. The molecule has 4 nitrogen and oxygen atoms in total. The Morgan fingerprint density at radius 3 is 3.00 bits per heavy atom. The molecule has 0 amide bonds. The van der Waals surface area contributed by atoms with Crippen LogP contribution in [0.5, 0.6) is 0 Å². The summed E-state index contributed by atoms with van der Waals surface area (Å²) < 4.78 is 15.9. The van der Waals surface area contributed by atoms with Crippen LogP contribution in [0.4, 0.5) is 0 Å². The third kappa shape index (κ3) is 4.37. The highest BCUT2D eigenvalue weighted by molar-refractivity contribution is 4.69. The average Bonchev–Trinajstić information content (AvgIpc) is 2.25. The van der Waals surface area contributed by atoms with E-state index >= 15 is 0 Å². The molecule has 1 aliphatic heterocycles. The van der Waals surface area contributed by atoms with Gasteiger partial charge >= 0.3 is 0 Å². The van der Waals surface area contributed by atoms with Gasteiger partial charge in [0.05, 0.1) is 32.5 Å². The summed E-state index contributed by atoms with van der Waals surface area (Å²) in [5.74, 6) is 0. The van der Waals surface area contributed by atoms with E-state index in [1.165, 1.54) is 0 Å². The van der Waals surface area contributed by atoms with Crippen molar-refractivity contribution in [3.63, 3.8) is 0 Å². The van der Waals surface area contributed by atoms with Crippen LogP contribution in [-0.2, 0) is 14.2 Å². The zero-order valence-corrected chi connectivity index (χ0v) is 9.20. The first-order valence-corrected chi connectivity index (χ1v) is 5.27. The molecule has 0 aromatic heterocycles. The number of likely N-dealkylation sites (N-methyl/N-ethyl adjacent to an activating group) is 1. The maximum atomic E-state index is 5.58. The van der Waals surface area contributed by atoms with E-state index in [0.29, 0.717) is 19.8 Å². The van der Waals surface area contributed by atoms with Gasteiger partial charge in [0.25, 0.3) is 0 Å². The molecule has 1 aliphatic rings. The van der Waals surface area contributed by atoms with Crippen LogP contribution in [0.15, 0.2) is 0 Å². The zero-order chi connectivity index (χ0) is 10.2. The van der Waals surface area contributed by atoms with Crippen LogP contribution in [-0.4, -0.2) is 64.2 Å². The van der Waals surface area contributed by atoms with Crippen LogP contribution >= 0.6 is 0 Å². The van der Waals surface area contributed by atoms with Gasteiger partial charge in [0, 0.05) is 20.2 Å². The third-order valence-corrected chi connectivity index (χ3v) is 2.41. The Kier molecular flexibility index (Phi) is 6.10. The summed E-state index contributed by atoms with van der Waals surface area (Å²) in [5.41, 5.74) is 0. The number of nitrogens with zero attached hydrogens (tertiary/aromatic N) is 1. The minimum atomic E-state index is 0.237. The minimum absolute atomic E-state index is 0.237. The van der Waals surface area contributed by atoms with E-state index in [9.17, 15) is 0 Å². The molecule has 1 saturated heterocycles. The molecule has 0 radical (unpaired) electrons. The third-order valence-electron chi connectivity index (χ3n) is 2.41. The van der Waals surface area contributed by atoms with Gasteiger partial charge in [-0.15, -0.1) is 0 Å². The lowest BCUT2D eigenvalue weighted by molar-refractivity contribution is -0.0725. The molecular weight excluding hydrogens is 182 g/mol. The van der Waals surface area contributed by atoms with Crippen molar-refractivity contribution < 1.29 is 14.2 Å². The van der Waals surface area contributed by atoms with Crippen LogP contribution in [0.3, 0.4) is 0 Å². The fraction of sp³-hybridized carbons (Fsp3) is 1.00. The molecule has 84 valence electrons. The van der Waals surface area contributed by atoms with Crippen LogP contribution in [0.2, 0.25) is 0 Å². The molecule has 1 fully saturated rings. The summed E-state index contributed by atoms with van der Waals surface area (Å²) in [4.78, 5) is 2.38. The summed E-state index contributed by atoms with van der Waals surface area (Å²) in [6.07, 6.45) is 0.237. The van der Waals surface area contributed by atoms with Crippen molar-refractivity contribution in [1.82, 2.24) is 4.90 Å². The van der Waals surface area contributed by atoms with E-state index in [2.05, 4.69) is 11.8 Å².